The van der Waals surface area contributed by atoms with Gasteiger partial charge in [-0.25, -0.2) is 4.79 Å². The van der Waals surface area contributed by atoms with Crippen molar-refractivity contribution in [1.29, 1.82) is 0 Å². The minimum Gasteiger partial charge on any atom is -0.445 e. The van der Waals surface area contributed by atoms with Gasteiger partial charge < -0.3 is 15.0 Å². The summed E-state index contributed by atoms with van der Waals surface area (Å²) in [6.07, 6.45) is -4.97. The number of alkyl halides is 3. The monoisotopic (exact) mass is 322 g/mol. The Morgan fingerprint density at radius 1 is 1.33 bits per heavy atom. The van der Waals surface area contributed by atoms with Gasteiger partial charge in [-0.2, -0.15) is 13.2 Å². The Labute approximate surface area is 124 Å². The van der Waals surface area contributed by atoms with Crippen molar-refractivity contribution in [3.05, 3.63) is 34.3 Å². The van der Waals surface area contributed by atoms with Crippen LogP contribution in [0.1, 0.15) is 11.1 Å². The third-order valence-electron chi connectivity index (χ3n) is 3.08. The zero-order chi connectivity index (χ0) is 15.5. The summed E-state index contributed by atoms with van der Waals surface area (Å²) in [6, 6.07) is 3.30. The van der Waals surface area contributed by atoms with E-state index in [0.29, 0.717) is 31.7 Å². The lowest BCUT2D eigenvalue weighted by atomic mass is 10.1. The molecule has 1 amide bonds. The van der Waals surface area contributed by atoms with Crippen LogP contribution in [0.3, 0.4) is 0 Å². The van der Waals surface area contributed by atoms with Crippen LogP contribution in [0.15, 0.2) is 18.2 Å². The molecule has 0 saturated carbocycles. The van der Waals surface area contributed by atoms with Crippen LogP contribution in [0, 0.1) is 0 Å². The van der Waals surface area contributed by atoms with Gasteiger partial charge >= 0.3 is 12.3 Å². The van der Waals surface area contributed by atoms with Gasteiger partial charge in [-0.15, -0.1) is 0 Å². The van der Waals surface area contributed by atoms with Gasteiger partial charge in [0.05, 0.1) is 10.6 Å². The van der Waals surface area contributed by atoms with Gasteiger partial charge in [-0.05, 0) is 17.7 Å². The molecule has 0 atom stereocenters. The molecule has 1 aliphatic rings. The molecule has 1 aromatic rings. The molecular weight excluding hydrogens is 309 g/mol. The van der Waals surface area contributed by atoms with Gasteiger partial charge in [0.15, 0.2) is 0 Å². The number of hydrogen-bond donors (Lipinski definition) is 1. The van der Waals surface area contributed by atoms with Gasteiger partial charge in [0.1, 0.15) is 6.61 Å². The van der Waals surface area contributed by atoms with E-state index in [2.05, 4.69) is 5.32 Å². The Kier molecular flexibility index (Phi) is 4.95. The Balaban J connectivity index is 1.94. The number of benzene rings is 1. The van der Waals surface area contributed by atoms with Gasteiger partial charge in [0.2, 0.25) is 0 Å². The Hall–Kier alpha value is -1.47. The number of nitrogens with zero attached hydrogens (tertiary/aromatic N) is 1. The summed E-state index contributed by atoms with van der Waals surface area (Å²) in [4.78, 5) is 13.3. The topological polar surface area (TPSA) is 41.6 Å². The van der Waals surface area contributed by atoms with Crippen molar-refractivity contribution in [3.8, 4) is 0 Å². The van der Waals surface area contributed by atoms with Crippen molar-refractivity contribution < 1.29 is 22.7 Å². The van der Waals surface area contributed by atoms with E-state index in [1.54, 1.807) is 4.90 Å². The molecule has 116 valence electrons. The van der Waals surface area contributed by atoms with E-state index in [1.807, 2.05) is 0 Å². The van der Waals surface area contributed by atoms with Crippen LogP contribution in [-0.2, 0) is 17.5 Å². The van der Waals surface area contributed by atoms with Crippen molar-refractivity contribution in [1.82, 2.24) is 10.2 Å². The third-order valence-corrected chi connectivity index (χ3v) is 3.39. The Bertz CT molecular complexity index is 517. The maximum absolute atomic E-state index is 12.6. The molecule has 1 N–H and O–H groups in total. The fourth-order valence-corrected chi connectivity index (χ4v) is 2.27. The minimum absolute atomic E-state index is 0.110. The first-order valence-electron chi connectivity index (χ1n) is 6.36. The number of rotatable bonds is 2. The summed E-state index contributed by atoms with van der Waals surface area (Å²) in [5.74, 6) is 0. The minimum atomic E-state index is -4.49. The predicted molar refractivity (Wildman–Crippen MR) is 71.1 cm³/mol. The normalized spacial score (nSPS) is 15.9. The largest absolute Gasteiger partial charge is 0.445 e. The lowest BCUT2D eigenvalue weighted by Gasteiger charge is -2.26. The SMILES string of the molecule is O=C(OCc1ccc(C(F)(F)F)c(Cl)c1)N1CCNCC1. The molecule has 0 aliphatic carbocycles. The first kappa shape index (κ1) is 15.9. The van der Waals surface area contributed by atoms with E-state index in [-0.39, 0.29) is 6.61 Å². The highest BCUT2D eigenvalue weighted by Gasteiger charge is 2.33. The molecule has 1 heterocycles. The molecule has 1 fully saturated rings. The maximum atomic E-state index is 12.6. The van der Waals surface area contributed by atoms with Crippen LogP contribution in [0.2, 0.25) is 5.02 Å². The Morgan fingerprint density at radius 2 is 2.00 bits per heavy atom. The molecule has 0 radical (unpaired) electrons. The predicted octanol–water partition coefficient (Wildman–Crippen LogP) is 2.90. The second-order valence-corrected chi connectivity index (χ2v) is 5.01. The number of nitrogens with one attached hydrogen (secondary N) is 1. The number of hydrogen-bond acceptors (Lipinski definition) is 3. The smallest absolute Gasteiger partial charge is 0.417 e. The summed E-state index contributed by atoms with van der Waals surface area (Å²) in [7, 11) is 0. The molecule has 8 heteroatoms. The summed E-state index contributed by atoms with van der Waals surface area (Å²) < 4.78 is 42.7. The quantitative estimate of drug-likeness (QED) is 0.910. The average Bonchev–Trinajstić information content (AvgIpc) is 2.44. The highest BCUT2D eigenvalue weighted by atomic mass is 35.5. The summed E-state index contributed by atoms with van der Waals surface area (Å²) in [5, 5.41) is 2.69. The molecule has 2 rings (SSSR count). The van der Waals surface area contributed by atoms with Crippen LogP contribution >= 0.6 is 11.6 Å². The second-order valence-electron chi connectivity index (χ2n) is 4.60. The molecule has 21 heavy (non-hydrogen) atoms. The molecular formula is C13H14ClF3N2O2. The molecule has 0 bridgehead atoms. The lowest BCUT2D eigenvalue weighted by Crippen LogP contribution is -2.46. The van der Waals surface area contributed by atoms with Gasteiger partial charge in [0, 0.05) is 26.2 Å². The number of amides is 1. The number of ether oxygens (including phenoxy) is 1. The zero-order valence-corrected chi connectivity index (χ0v) is 11.8. The van der Waals surface area contributed by atoms with Crippen molar-refractivity contribution in [2.45, 2.75) is 12.8 Å². The van der Waals surface area contributed by atoms with Crippen molar-refractivity contribution in [2.24, 2.45) is 0 Å². The number of carbonyl (C=O) groups excluding carboxylic acids is 1. The van der Waals surface area contributed by atoms with E-state index >= 15 is 0 Å². The van der Waals surface area contributed by atoms with Gasteiger partial charge in [-0.1, -0.05) is 17.7 Å². The van der Waals surface area contributed by atoms with Crippen LogP contribution in [0.4, 0.5) is 18.0 Å². The van der Waals surface area contributed by atoms with Gasteiger partial charge in [0.25, 0.3) is 0 Å². The zero-order valence-electron chi connectivity index (χ0n) is 11.0. The highest BCUT2D eigenvalue weighted by molar-refractivity contribution is 6.31. The summed E-state index contributed by atoms with van der Waals surface area (Å²) in [5.41, 5.74) is -0.488. The van der Waals surface area contributed by atoms with Gasteiger partial charge in [-0.3, -0.25) is 0 Å². The van der Waals surface area contributed by atoms with Crippen LogP contribution in [0.5, 0.6) is 0 Å². The molecule has 4 nitrogen and oxygen atoms in total. The van der Waals surface area contributed by atoms with E-state index in [1.165, 1.54) is 6.07 Å². The summed E-state index contributed by atoms with van der Waals surface area (Å²) in [6.45, 7) is 2.38. The fraction of sp³-hybridized carbons (Fsp3) is 0.462. The van der Waals surface area contributed by atoms with Crippen molar-refractivity contribution in [3.63, 3.8) is 0 Å². The first-order valence-corrected chi connectivity index (χ1v) is 6.74. The first-order chi connectivity index (χ1) is 9.88. The van der Waals surface area contributed by atoms with Crippen LogP contribution in [-0.4, -0.2) is 37.2 Å². The van der Waals surface area contributed by atoms with E-state index in [0.717, 1.165) is 12.1 Å². The van der Waals surface area contributed by atoms with Crippen LogP contribution < -0.4 is 5.32 Å². The van der Waals surface area contributed by atoms with Crippen molar-refractivity contribution in [2.75, 3.05) is 26.2 Å². The maximum Gasteiger partial charge on any atom is 0.417 e. The van der Waals surface area contributed by atoms with Crippen LogP contribution in [0.25, 0.3) is 0 Å². The lowest BCUT2D eigenvalue weighted by molar-refractivity contribution is -0.137. The molecule has 1 saturated heterocycles. The average molecular weight is 323 g/mol. The Morgan fingerprint density at radius 3 is 2.57 bits per heavy atom. The summed E-state index contributed by atoms with van der Waals surface area (Å²) >= 11 is 5.60. The number of halogens is 4. The molecule has 0 aromatic heterocycles. The number of piperazine rings is 1. The van der Waals surface area contributed by atoms with E-state index < -0.39 is 22.9 Å². The molecule has 0 unspecified atom stereocenters. The number of carbonyl (C=O) groups is 1. The molecule has 1 aliphatic heterocycles. The van der Waals surface area contributed by atoms with E-state index in [9.17, 15) is 18.0 Å². The molecule has 0 spiro atoms. The molecule has 1 aromatic carbocycles. The van der Waals surface area contributed by atoms with Crippen molar-refractivity contribution >= 4 is 17.7 Å². The highest BCUT2D eigenvalue weighted by Crippen LogP contribution is 2.35. The van der Waals surface area contributed by atoms with E-state index in [4.69, 9.17) is 16.3 Å². The second kappa shape index (κ2) is 6.53. The third kappa shape index (κ3) is 4.25. The standard InChI is InChI=1S/C13H14ClF3N2O2/c14-11-7-9(1-2-10(11)13(15,16)17)8-21-12(20)19-5-3-18-4-6-19/h1-2,7,18H,3-6,8H2. The fourth-order valence-electron chi connectivity index (χ4n) is 1.96.